The summed E-state index contributed by atoms with van der Waals surface area (Å²) < 4.78 is 81.0. The summed E-state index contributed by atoms with van der Waals surface area (Å²) in [5, 5.41) is 8.71. The molecule has 2 aromatic carbocycles. The van der Waals surface area contributed by atoms with Gasteiger partial charge in [-0.15, -0.1) is 0 Å². The minimum absolute atomic E-state index is 0.126. The molecule has 206 valence electrons. The van der Waals surface area contributed by atoms with E-state index < -0.39 is 23.5 Å². The first-order valence-electron chi connectivity index (χ1n) is 12.1. The molecule has 0 aliphatic carbocycles. The van der Waals surface area contributed by atoms with E-state index in [1.165, 1.54) is 22.6 Å². The predicted octanol–water partition coefficient (Wildman–Crippen LogP) is 5.78. The van der Waals surface area contributed by atoms with Crippen molar-refractivity contribution in [1.82, 2.24) is 20.0 Å². The fraction of sp³-hybridized carbons (Fsp3) is 0.346. The van der Waals surface area contributed by atoms with E-state index in [4.69, 9.17) is 0 Å². The number of carbonyl (C=O) groups excluding carboxylic acids is 1. The molecule has 6 nitrogen and oxygen atoms in total. The van der Waals surface area contributed by atoms with Crippen LogP contribution in [0, 0.1) is 0 Å². The van der Waals surface area contributed by atoms with Gasteiger partial charge in [0.2, 0.25) is 0 Å². The van der Waals surface area contributed by atoms with Crippen LogP contribution in [0.15, 0.2) is 52.5 Å². The number of rotatable bonds is 4. The fourth-order valence-corrected chi connectivity index (χ4v) is 5.63. The lowest BCUT2D eigenvalue weighted by Crippen LogP contribution is -2.42. The molecule has 0 radical (unpaired) electrons. The van der Waals surface area contributed by atoms with Gasteiger partial charge in [-0.05, 0) is 79.2 Å². The molecule has 3 heterocycles. The monoisotopic (exact) mass is 567 g/mol. The SMILES string of the molecule is CN(C1=NC(=O)C(=Cc2ccc3c(cnn3Cc3ccc(C(F)(F)F)cc3C(F)(F)F)c2)S1)C1CCNCC1. The number of halogens is 6. The molecule has 0 atom stereocenters. The van der Waals surface area contributed by atoms with E-state index >= 15 is 0 Å². The topological polar surface area (TPSA) is 62.5 Å². The van der Waals surface area contributed by atoms with Crippen molar-refractivity contribution >= 4 is 39.8 Å². The van der Waals surface area contributed by atoms with Crippen LogP contribution in [0.5, 0.6) is 0 Å². The summed E-state index contributed by atoms with van der Waals surface area (Å²) in [4.78, 5) is 19.2. The minimum atomic E-state index is -4.97. The number of carbonyl (C=O) groups is 1. The average molecular weight is 568 g/mol. The van der Waals surface area contributed by atoms with Crippen LogP contribution in [0.2, 0.25) is 0 Å². The van der Waals surface area contributed by atoms with E-state index in [-0.39, 0.29) is 24.1 Å². The Kier molecular flexibility index (Phi) is 7.23. The van der Waals surface area contributed by atoms with E-state index in [1.54, 1.807) is 24.3 Å². The van der Waals surface area contributed by atoms with Crippen molar-refractivity contribution in [2.45, 2.75) is 37.8 Å². The molecular weight excluding hydrogens is 544 g/mol. The zero-order chi connectivity index (χ0) is 27.9. The number of piperidine rings is 1. The number of benzene rings is 2. The Morgan fingerprint density at radius 3 is 2.51 bits per heavy atom. The number of amides is 1. The molecule has 39 heavy (non-hydrogen) atoms. The minimum Gasteiger partial charge on any atom is -0.351 e. The van der Waals surface area contributed by atoms with E-state index in [2.05, 4.69) is 15.4 Å². The van der Waals surface area contributed by atoms with E-state index in [0.29, 0.717) is 38.6 Å². The van der Waals surface area contributed by atoms with Crippen LogP contribution in [0.1, 0.15) is 35.1 Å². The first-order chi connectivity index (χ1) is 18.4. The Morgan fingerprint density at radius 2 is 1.82 bits per heavy atom. The molecule has 0 spiro atoms. The number of amidine groups is 1. The van der Waals surface area contributed by atoms with Crippen LogP contribution in [0.4, 0.5) is 26.3 Å². The number of alkyl halides is 6. The summed E-state index contributed by atoms with van der Waals surface area (Å²) >= 11 is 1.29. The number of aromatic nitrogens is 2. The number of fused-ring (bicyclic) bond motifs is 1. The highest BCUT2D eigenvalue weighted by Crippen LogP contribution is 2.38. The lowest BCUT2D eigenvalue weighted by Gasteiger charge is -2.32. The molecule has 1 N–H and O–H groups in total. The smallest absolute Gasteiger partial charge is 0.351 e. The molecule has 2 aliphatic heterocycles. The van der Waals surface area contributed by atoms with Crippen molar-refractivity contribution < 1.29 is 31.1 Å². The summed E-state index contributed by atoms with van der Waals surface area (Å²) in [6.07, 6.45) is -4.77. The van der Waals surface area contributed by atoms with Crippen molar-refractivity contribution in [3.8, 4) is 0 Å². The van der Waals surface area contributed by atoms with Crippen molar-refractivity contribution in [1.29, 1.82) is 0 Å². The van der Waals surface area contributed by atoms with Crippen LogP contribution in [0.3, 0.4) is 0 Å². The zero-order valence-electron chi connectivity index (χ0n) is 20.6. The van der Waals surface area contributed by atoms with Gasteiger partial charge in [0.1, 0.15) is 0 Å². The van der Waals surface area contributed by atoms with Gasteiger partial charge in [-0.2, -0.15) is 36.4 Å². The van der Waals surface area contributed by atoms with Crippen LogP contribution in [-0.2, 0) is 23.7 Å². The number of nitrogens with one attached hydrogen (secondary N) is 1. The third kappa shape index (κ3) is 5.83. The average Bonchev–Trinajstić information content (AvgIpc) is 3.45. The normalized spacial score (nSPS) is 18.3. The number of hydrogen-bond donors (Lipinski definition) is 1. The highest BCUT2D eigenvalue weighted by Gasteiger charge is 2.38. The Hall–Kier alpha value is -3.32. The quantitative estimate of drug-likeness (QED) is 0.320. The maximum atomic E-state index is 13.6. The summed E-state index contributed by atoms with van der Waals surface area (Å²) in [7, 11) is 1.93. The molecular formula is C26H23F6N5OS. The van der Waals surface area contributed by atoms with Gasteiger partial charge >= 0.3 is 12.4 Å². The van der Waals surface area contributed by atoms with Gasteiger partial charge in [0.25, 0.3) is 5.91 Å². The molecule has 0 bridgehead atoms. The predicted molar refractivity (Wildman–Crippen MR) is 137 cm³/mol. The van der Waals surface area contributed by atoms with Crippen LogP contribution < -0.4 is 5.32 Å². The number of nitrogens with zero attached hydrogens (tertiary/aromatic N) is 4. The van der Waals surface area contributed by atoms with Crippen molar-refractivity contribution in [2.24, 2.45) is 4.99 Å². The Balaban J connectivity index is 1.36. The van der Waals surface area contributed by atoms with Crippen LogP contribution >= 0.6 is 11.8 Å². The van der Waals surface area contributed by atoms with Gasteiger partial charge in [0.05, 0.1) is 34.3 Å². The van der Waals surface area contributed by atoms with E-state index in [0.717, 1.165) is 32.0 Å². The van der Waals surface area contributed by atoms with Crippen molar-refractivity contribution in [2.75, 3.05) is 20.1 Å². The summed E-state index contributed by atoms with van der Waals surface area (Å²) in [5.74, 6) is -0.339. The summed E-state index contributed by atoms with van der Waals surface area (Å²) in [6.45, 7) is 1.45. The van der Waals surface area contributed by atoms with Crippen molar-refractivity contribution in [3.63, 3.8) is 0 Å². The van der Waals surface area contributed by atoms with Gasteiger partial charge < -0.3 is 10.2 Å². The molecule has 3 aromatic rings. The lowest BCUT2D eigenvalue weighted by atomic mass is 10.0. The molecule has 1 aromatic heterocycles. The summed E-state index contributed by atoms with van der Waals surface area (Å²) in [6, 6.07) is 6.99. The molecule has 13 heteroatoms. The molecule has 2 aliphatic rings. The highest BCUT2D eigenvalue weighted by molar-refractivity contribution is 8.18. The highest BCUT2D eigenvalue weighted by atomic mass is 32.2. The fourth-order valence-electron chi connectivity index (χ4n) is 4.69. The maximum absolute atomic E-state index is 13.6. The van der Waals surface area contributed by atoms with Gasteiger partial charge in [-0.3, -0.25) is 9.48 Å². The van der Waals surface area contributed by atoms with Crippen LogP contribution in [0.25, 0.3) is 17.0 Å². The summed E-state index contributed by atoms with van der Waals surface area (Å²) in [5.41, 5.74) is -1.87. The number of thioether (sulfide) groups is 1. The largest absolute Gasteiger partial charge is 0.416 e. The molecule has 0 saturated carbocycles. The maximum Gasteiger partial charge on any atom is 0.416 e. The Morgan fingerprint density at radius 1 is 1.08 bits per heavy atom. The molecule has 1 amide bonds. The Labute approximate surface area is 223 Å². The van der Waals surface area contributed by atoms with Gasteiger partial charge in [0.15, 0.2) is 5.17 Å². The molecule has 0 unspecified atom stereocenters. The molecule has 5 rings (SSSR count). The number of hydrogen-bond acceptors (Lipinski definition) is 5. The third-order valence-corrected chi connectivity index (χ3v) is 7.87. The second-order valence-corrected chi connectivity index (χ2v) is 10.4. The van der Waals surface area contributed by atoms with Gasteiger partial charge in [0, 0.05) is 18.5 Å². The zero-order valence-corrected chi connectivity index (χ0v) is 21.4. The van der Waals surface area contributed by atoms with Crippen molar-refractivity contribution in [3.05, 3.63) is 69.8 Å². The Bertz CT molecular complexity index is 1470. The van der Waals surface area contributed by atoms with Gasteiger partial charge in [-0.1, -0.05) is 12.1 Å². The first kappa shape index (κ1) is 27.3. The lowest BCUT2D eigenvalue weighted by molar-refractivity contribution is -0.143. The van der Waals surface area contributed by atoms with E-state index in [9.17, 15) is 31.1 Å². The molecule has 1 fully saturated rings. The van der Waals surface area contributed by atoms with E-state index in [1.807, 2.05) is 11.9 Å². The van der Waals surface area contributed by atoms with Crippen LogP contribution in [-0.4, -0.2) is 51.9 Å². The number of aliphatic imine (C=N–C) groups is 1. The van der Waals surface area contributed by atoms with Gasteiger partial charge in [-0.25, -0.2) is 0 Å². The second-order valence-electron chi connectivity index (χ2n) is 9.39. The second kappa shape index (κ2) is 10.3. The first-order valence-corrected chi connectivity index (χ1v) is 12.9. The standard InChI is InChI=1S/C26H23F6N5OS/c1-36(19-6-8-33-9-7-19)24-35-23(38)22(39-24)11-15-2-5-21-17(10-15)13-34-37(21)14-16-3-4-18(25(27,28)29)12-20(16)26(30,31)32/h2-5,10-13,19,33H,6-9,14H2,1H3. The molecule has 1 saturated heterocycles. The third-order valence-electron chi connectivity index (χ3n) is 6.79.